The van der Waals surface area contributed by atoms with Crippen LogP contribution in [0.1, 0.15) is 20.7 Å². The van der Waals surface area contributed by atoms with Gasteiger partial charge in [0.15, 0.2) is 0 Å². The van der Waals surface area contributed by atoms with Crippen molar-refractivity contribution in [3.8, 4) is 0 Å². The first-order valence-electron chi connectivity index (χ1n) is 7.00. The Labute approximate surface area is 133 Å². The Balaban J connectivity index is 1.67. The highest BCUT2D eigenvalue weighted by Gasteiger charge is 2.34. The molecule has 0 saturated heterocycles. The van der Waals surface area contributed by atoms with Crippen LogP contribution in [-0.2, 0) is 10.0 Å². The van der Waals surface area contributed by atoms with Gasteiger partial charge in [-0.3, -0.25) is 14.5 Å². The van der Waals surface area contributed by atoms with Gasteiger partial charge in [0.2, 0.25) is 10.0 Å². The van der Waals surface area contributed by atoms with E-state index in [4.69, 9.17) is 0 Å². The third-order valence-corrected chi connectivity index (χ3v) is 5.04. The molecule has 0 fully saturated rings. The smallest absolute Gasteiger partial charge is 0.261 e. The third kappa shape index (κ3) is 2.88. The van der Waals surface area contributed by atoms with E-state index in [1.807, 2.05) is 0 Å². The molecule has 3 rings (SSSR count). The number of imide groups is 1. The number of sulfonamides is 1. The third-order valence-electron chi connectivity index (χ3n) is 3.56. The van der Waals surface area contributed by atoms with E-state index >= 15 is 0 Å². The molecule has 0 unspecified atom stereocenters. The van der Waals surface area contributed by atoms with Crippen molar-refractivity contribution in [2.75, 3.05) is 13.1 Å². The number of benzene rings is 2. The van der Waals surface area contributed by atoms with Crippen molar-refractivity contribution in [2.45, 2.75) is 4.90 Å². The van der Waals surface area contributed by atoms with Crippen LogP contribution in [0.3, 0.4) is 0 Å². The summed E-state index contributed by atoms with van der Waals surface area (Å²) in [6, 6.07) is 14.5. The van der Waals surface area contributed by atoms with Gasteiger partial charge in [0, 0.05) is 13.1 Å². The minimum absolute atomic E-state index is 0.0155. The number of hydrogen-bond acceptors (Lipinski definition) is 4. The molecule has 0 aliphatic carbocycles. The molecule has 0 saturated carbocycles. The van der Waals surface area contributed by atoms with Gasteiger partial charge in [-0.2, -0.15) is 0 Å². The van der Waals surface area contributed by atoms with Gasteiger partial charge >= 0.3 is 0 Å². The molecule has 0 bridgehead atoms. The predicted molar refractivity (Wildman–Crippen MR) is 83.4 cm³/mol. The van der Waals surface area contributed by atoms with Crippen LogP contribution in [0.25, 0.3) is 0 Å². The largest absolute Gasteiger partial charge is 0.273 e. The molecule has 1 N–H and O–H groups in total. The Hall–Kier alpha value is -2.51. The van der Waals surface area contributed by atoms with Crippen molar-refractivity contribution in [1.29, 1.82) is 0 Å². The van der Waals surface area contributed by atoms with Crippen LogP contribution in [-0.4, -0.2) is 38.2 Å². The van der Waals surface area contributed by atoms with E-state index in [1.54, 1.807) is 42.5 Å². The lowest BCUT2D eigenvalue weighted by Crippen LogP contribution is -2.38. The number of hydrogen-bond donors (Lipinski definition) is 1. The fraction of sp³-hybridized carbons (Fsp3) is 0.125. The molecule has 0 aromatic heterocycles. The molecule has 2 amide bonds. The van der Waals surface area contributed by atoms with E-state index in [2.05, 4.69) is 4.72 Å². The maximum absolute atomic E-state index is 12.2. The van der Waals surface area contributed by atoms with Crippen molar-refractivity contribution < 1.29 is 18.0 Å². The molecule has 6 nitrogen and oxygen atoms in total. The Kier molecular flexibility index (Phi) is 3.97. The van der Waals surface area contributed by atoms with Crippen LogP contribution in [0.4, 0.5) is 0 Å². The maximum Gasteiger partial charge on any atom is 0.261 e. The number of amides is 2. The lowest BCUT2D eigenvalue weighted by molar-refractivity contribution is 0.0657. The number of carbonyl (C=O) groups excluding carboxylic acids is 2. The predicted octanol–water partition coefficient (Wildman–Crippen LogP) is 1.26. The van der Waals surface area contributed by atoms with Crippen LogP contribution in [0.15, 0.2) is 59.5 Å². The van der Waals surface area contributed by atoms with E-state index in [0.717, 1.165) is 4.90 Å². The van der Waals surface area contributed by atoms with Crippen LogP contribution in [0, 0.1) is 0 Å². The Bertz CT molecular complexity index is 828. The molecule has 0 spiro atoms. The summed E-state index contributed by atoms with van der Waals surface area (Å²) in [5.41, 5.74) is 0.701. The molecular formula is C16H14N2O4S. The fourth-order valence-electron chi connectivity index (χ4n) is 2.42. The van der Waals surface area contributed by atoms with Gasteiger partial charge in [-0.15, -0.1) is 0 Å². The first kappa shape index (κ1) is 15.4. The van der Waals surface area contributed by atoms with E-state index < -0.39 is 21.8 Å². The molecule has 118 valence electrons. The normalized spacial score (nSPS) is 14.2. The minimum Gasteiger partial charge on any atom is -0.273 e. The zero-order valence-electron chi connectivity index (χ0n) is 12.1. The quantitative estimate of drug-likeness (QED) is 0.837. The van der Waals surface area contributed by atoms with Crippen LogP contribution < -0.4 is 4.72 Å². The summed E-state index contributed by atoms with van der Waals surface area (Å²) in [5.74, 6) is -0.797. The van der Waals surface area contributed by atoms with Crippen molar-refractivity contribution in [3.63, 3.8) is 0 Å². The Morgan fingerprint density at radius 1 is 0.826 bits per heavy atom. The molecule has 1 heterocycles. The highest BCUT2D eigenvalue weighted by Crippen LogP contribution is 2.21. The summed E-state index contributed by atoms with van der Waals surface area (Å²) >= 11 is 0. The number of fused-ring (bicyclic) bond motifs is 1. The second-order valence-electron chi connectivity index (χ2n) is 5.02. The molecular weight excluding hydrogens is 316 g/mol. The summed E-state index contributed by atoms with van der Waals surface area (Å²) in [6.45, 7) is -0.0545. The maximum atomic E-state index is 12.2. The SMILES string of the molecule is O=C1c2ccccc2C(=O)N1CCNS(=O)(=O)c1ccccc1. The van der Waals surface area contributed by atoms with Gasteiger partial charge in [0.05, 0.1) is 16.0 Å². The van der Waals surface area contributed by atoms with E-state index in [9.17, 15) is 18.0 Å². The standard InChI is InChI=1S/C16H14N2O4S/c19-15-13-8-4-5-9-14(13)16(20)18(15)11-10-17-23(21,22)12-6-2-1-3-7-12/h1-9,17H,10-11H2. The number of nitrogens with zero attached hydrogens (tertiary/aromatic N) is 1. The average molecular weight is 330 g/mol. The first-order chi connectivity index (χ1) is 11.0. The molecule has 23 heavy (non-hydrogen) atoms. The summed E-state index contributed by atoms with van der Waals surface area (Å²) in [6.07, 6.45) is 0. The van der Waals surface area contributed by atoms with Gasteiger partial charge in [-0.25, -0.2) is 13.1 Å². The van der Waals surface area contributed by atoms with Crippen molar-refractivity contribution in [1.82, 2.24) is 9.62 Å². The van der Waals surface area contributed by atoms with Gasteiger partial charge in [-0.1, -0.05) is 30.3 Å². The fourth-order valence-corrected chi connectivity index (χ4v) is 3.46. The van der Waals surface area contributed by atoms with Crippen molar-refractivity contribution in [2.24, 2.45) is 0 Å². The van der Waals surface area contributed by atoms with E-state index in [0.29, 0.717) is 11.1 Å². The summed E-state index contributed by atoms with van der Waals surface area (Å²) in [4.78, 5) is 25.5. The van der Waals surface area contributed by atoms with Crippen molar-refractivity contribution >= 4 is 21.8 Å². The average Bonchev–Trinajstić information content (AvgIpc) is 2.81. The molecule has 2 aromatic carbocycles. The lowest BCUT2D eigenvalue weighted by atomic mass is 10.1. The lowest BCUT2D eigenvalue weighted by Gasteiger charge is -2.14. The van der Waals surface area contributed by atoms with Gasteiger partial charge in [0.25, 0.3) is 11.8 Å². The monoisotopic (exact) mass is 330 g/mol. The van der Waals surface area contributed by atoms with Crippen LogP contribution >= 0.6 is 0 Å². The minimum atomic E-state index is -3.65. The molecule has 1 aliphatic heterocycles. The molecule has 0 radical (unpaired) electrons. The second kappa shape index (κ2) is 5.94. The number of rotatable bonds is 5. The van der Waals surface area contributed by atoms with Crippen LogP contribution in [0.2, 0.25) is 0 Å². The molecule has 2 aromatic rings. The van der Waals surface area contributed by atoms with Crippen LogP contribution in [0.5, 0.6) is 0 Å². The number of nitrogens with one attached hydrogen (secondary N) is 1. The molecule has 0 atom stereocenters. The van der Waals surface area contributed by atoms with Gasteiger partial charge in [0.1, 0.15) is 0 Å². The molecule has 1 aliphatic rings. The van der Waals surface area contributed by atoms with Gasteiger partial charge < -0.3 is 0 Å². The van der Waals surface area contributed by atoms with E-state index in [1.165, 1.54) is 12.1 Å². The summed E-state index contributed by atoms with van der Waals surface area (Å²) in [5, 5.41) is 0. The van der Waals surface area contributed by atoms with E-state index in [-0.39, 0.29) is 18.0 Å². The summed E-state index contributed by atoms with van der Waals surface area (Å²) in [7, 11) is -3.65. The van der Waals surface area contributed by atoms with Crippen molar-refractivity contribution in [3.05, 3.63) is 65.7 Å². The zero-order valence-corrected chi connectivity index (χ0v) is 12.9. The molecule has 7 heteroatoms. The second-order valence-corrected chi connectivity index (χ2v) is 6.79. The Morgan fingerprint density at radius 2 is 1.35 bits per heavy atom. The highest BCUT2D eigenvalue weighted by atomic mass is 32.2. The highest BCUT2D eigenvalue weighted by molar-refractivity contribution is 7.89. The van der Waals surface area contributed by atoms with Gasteiger partial charge in [-0.05, 0) is 24.3 Å². The summed E-state index contributed by atoms with van der Waals surface area (Å²) < 4.78 is 26.6. The number of carbonyl (C=O) groups is 2. The Morgan fingerprint density at radius 3 is 1.91 bits per heavy atom. The first-order valence-corrected chi connectivity index (χ1v) is 8.49. The zero-order chi connectivity index (χ0) is 16.4. The topological polar surface area (TPSA) is 83.6 Å².